The highest BCUT2D eigenvalue weighted by Gasteiger charge is 2.19. The first kappa shape index (κ1) is 14.2. The van der Waals surface area contributed by atoms with Crippen molar-refractivity contribution in [2.45, 2.75) is 26.4 Å². The lowest BCUT2D eigenvalue weighted by molar-refractivity contribution is 0.241. The smallest absolute Gasteiger partial charge is 0.159 e. The second-order valence-corrected chi connectivity index (χ2v) is 7.59. The normalized spacial score (nSPS) is 15.2. The Bertz CT molecular complexity index is 845. The summed E-state index contributed by atoms with van der Waals surface area (Å²) in [6, 6.07) is 4.31. The van der Waals surface area contributed by atoms with Crippen LogP contribution in [-0.2, 0) is 19.5 Å². The van der Waals surface area contributed by atoms with Crippen molar-refractivity contribution in [3.8, 4) is 0 Å². The summed E-state index contributed by atoms with van der Waals surface area (Å²) in [4.78, 5) is 16.1. The molecule has 0 amide bonds. The first-order valence-electron chi connectivity index (χ1n) is 7.25. The van der Waals surface area contributed by atoms with E-state index in [1.165, 1.54) is 17.0 Å². The Labute approximate surface area is 141 Å². The Balaban J connectivity index is 1.61. The van der Waals surface area contributed by atoms with Crippen molar-refractivity contribution in [2.24, 2.45) is 0 Å². The van der Waals surface area contributed by atoms with Crippen LogP contribution in [0.15, 0.2) is 28.2 Å². The lowest BCUT2D eigenvalue weighted by Crippen LogP contribution is -2.30. The zero-order valence-corrected chi connectivity index (χ0v) is 14.6. The van der Waals surface area contributed by atoms with E-state index < -0.39 is 0 Å². The Hall–Kier alpha value is -1.37. The van der Waals surface area contributed by atoms with Crippen LogP contribution in [0.25, 0.3) is 11.0 Å². The molecular weight excluding hydrogens is 360 g/mol. The molecule has 0 fully saturated rings. The molecule has 112 valence electrons. The number of pyridine rings is 2. The first-order chi connectivity index (χ1) is 10.7. The van der Waals surface area contributed by atoms with Crippen LogP contribution in [0.4, 0.5) is 0 Å². The van der Waals surface area contributed by atoms with Gasteiger partial charge in [0.15, 0.2) is 5.65 Å². The lowest BCUT2D eigenvalue weighted by Gasteiger charge is -2.27. The van der Waals surface area contributed by atoms with Gasteiger partial charge in [-0.25, -0.2) is 15.0 Å². The van der Waals surface area contributed by atoms with Crippen molar-refractivity contribution in [1.82, 2.24) is 19.9 Å². The highest BCUT2D eigenvalue weighted by Crippen LogP contribution is 2.24. The van der Waals surface area contributed by atoms with Crippen LogP contribution in [0.3, 0.4) is 0 Å². The summed E-state index contributed by atoms with van der Waals surface area (Å²) in [6.45, 7) is 4.93. The highest BCUT2D eigenvalue weighted by molar-refractivity contribution is 9.10. The number of rotatable bonds is 2. The zero-order valence-electron chi connectivity index (χ0n) is 12.2. The summed E-state index contributed by atoms with van der Waals surface area (Å²) in [5, 5.41) is 4.39. The molecule has 3 aromatic heterocycles. The fraction of sp³-hybridized carbons (Fsp3) is 0.312. The number of halogens is 1. The van der Waals surface area contributed by atoms with Gasteiger partial charge in [-0.05, 0) is 40.5 Å². The van der Waals surface area contributed by atoms with Gasteiger partial charge in [0.25, 0.3) is 0 Å². The van der Waals surface area contributed by atoms with Crippen LogP contribution in [0.1, 0.15) is 22.0 Å². The van der Waals surface area contributed by atoms with E-state index in [-0.39, 0.29) is 0 Å². The van der Waals surface area contributed by atoms with Crippen molar-refractivity contribution < 1.29 is 0 Å². The molecular formula is C16H15BrN4S. The molecule has 0 radical (unpaired) electrons. The minimum atomic E-state index is 0.838. The van der Waals surface area contributed by atoms with Gasteiger partial charge in [0, 0.05) is 53.2 Å². The maximum absolute atomic E-state index is 4.73. The molecule has 0 unspecified atom stereocenters. The summed E-state index contributed by atoms with van der Waals surface area (Å²) >= 11 is 5.20. The Kier molecular flexibility index (Phi) is 3.68. The van der Waals surface area contributed by atoms with Gasteiger partial charge in [0.2, 0.25) is 0 Å². The molecule has 0 bridgehead atoms. The largest absolute Gasteiger partial charge is 0.293 e. The maximum Gasteiger partial charge on any atom is 0.159 e. The number of aryl methyl sites for hydroxylation is 1. The van der Waals surface area contributed by atoms with E-state index in [9.17, 15) is 0 Å². The van der Waals surface area contributed by atoms with Crippen LogP contribution >= 0.6 is 27.3 Å². The van der Waals surface area contributed by atoms with Gasteiger partial charge < -0.3 is 0 Å². The molecule has 1 aliphatic rings. The summed E-state index contributed by atoms with van der Waals surface area (Å²) < 4.78 is 0.993. The molecule has 0 saturated carbocycles. The molecule has 3 aromatic rings. The second kappa shape index (κ2) is 5.68. The van der Waals surface area contributed by atoms with Gasteiger partial charge in [0.05, 0.1) is 10.7 Å². The molecule has 0 spiro atoms. The standard InChI is InChI=1S/C16H15BrN4S/c1-10-19-14(9-22-10)8-21-3-2-15-12(7-21)4-11-5-13(17)6-18-16(11)20-15/h4-6,9H,2-3,7-8H2,1H3. The third kappa shape index (κ3) is 2.78. The van der Waals surface area contributed by atoms with Gasteiger partial charge in [-0.3, -0.25) is 4.90 Å². The van der Waals surface area contributed by atoms with Crippen LogP contribution in [0.2, 0.25) is 0 Å². The number of fused-ring (bicyclic) bond motifs is 2. The molecule has 0 N–H and O–H groups in total. The van der Waals surface area contributed by atoms with E-state index in [1.807, 2.05) is 0 Å². The van der Waals surface area contributed by atoms with Crippen molar-refractivity contribution in [1.29, 1.82) is 0 Å². The Morgan fingerprint density at radius 1 is 1.32 bits per heavy atom. The molecule has 4 heterocycles. The molecule has 0 aliphatic carbocycles. The molecule has 4 nitrogen and oxygen atoms in total. The van der Waals surface area contributed by atoms with Gasteiger partial charge in [-0.2, -0.15) is 0 Å². The third-order valence-electron chi connectivity index (χ3n) is 3.91. The predicted molar refractivity (Wildman–Crippen MR) is 91.9 cm³/mol. The molecule has 22 heavy (non-hydrogen) atoms. The van der Waals surface area contributed by atoms with E-state index in [2.05, 4.69) is 55.2 Å². The molecule has 4 rings (SSSR count). The van der Waals surface area contributed by atoms with Crippen molar-refractivity contribution in [2.75, 3.05) is 6.54 Å². The number of hydrogen-bond acceptors (Lipinski definition) is 5. The van der Waals surface area contributed by atoms with E-state index in [0.717, 1.165) is 46.6 Å². The number of hydrogen-bond donors (Lipinski definition) is 0. The lowest BCUT2D eigenvalue weighted by atomic mass is 10.0. The minimum absolute atomic E-state index is 0.838. The summed E-state index contributed by atoms with van der Waals surface area (Å²) in [7, 11) is 0. The highest BCUT2D eigenvalue weighted by atomic mass is 79.9. The van der Waals surface area contributed by atoms with Crippen LogP contribution in [-0.4, -0.2) is 26.4 Å². The number of nitrogens with zero attached hydrogens (tertiary/aromatic N) is 4. The topological polar surface area (TPSA) is 41.9 Å². The molecule has 0 aromatic carbocycles. The number of aromatic nitrogens is 3. The average molecular weight is 375 g/mol. The van der Waals surface area contributed by atoms with Crippen LogP contribution in [0.5, 0.6) is 0 Å². The summed E-state index contributed by atoms with van der Waals surface area (Å²) in [6.07, 6.45) is 2.79. The van der Waals surface area contributed by atoms with E-state index in [4.69, 9.17) is 4.98 Å². The first-order valence-corrected chi connectivity index (χ1v) is 8.92. The third-order valence-corrected chi connectivity index (χ3v) is 5.17. The van der Waals surface area contributed by atoms with Crippen LogP contribution in [0, 0.1) is 6.92 Å². The van der Waals surface area contributed by atoms with Crippen molar-refractivity contribution >= 4 is 38.3 Å². The van der Waals surface area contributed by atoms with E-state index in [1.54, 1.807) is 17.5 Å². The maximum atomic E-state index is 4.73. The fourth-order valence-corrected chi connectivity index (χ4v) is 3.85. The molecule has 6 heteroatoms. The fourth-order valence-electron chi connectivity index (χ4n) is 2.90. The van der Waals surface area contributed by atoms with Gasteiger partial charge >= 0.3 is 0 Å². The van der Waals surface area contributed by atoms with Crippen molar-refractivity contribution in [3.63, 3.8) is 0 Å². The molecule has 0 saturated heterocycles. The quantitative estimate of drug-likeness (QED) is 0.685. The van der Waals surface area contributed by atoms with Crippen molar-refractivity contribution in [3.05, 3.63) is 50.1 Å². The van der Waals surface area contributed by atoms with E-state index in [0.29, 0.717) is 0 Å². The summed E-state index contributed by atoms with van der Waals surface area (Å²) in [5.74, 6) is 0. The van der Waals surface area contributed by atoms with Gasteiger partial charge in [-0.1, -0.05) is 0 Å². The Morgan fingerprint density at radius 3 is 3.05 bits per heavy atom. The van der Waals surface area contributed by atoms with Crippen LogP contribution < -0.4 is 0 Å². The van der Waals surface area contributed by atoms with Gasteiger partial charge in [-0.15, -0.1) is 11.3 Å². The predicted octanol–water partition coefficient (Wildman–Crippen LogP) is 3.72. The second-order valence-electron chi connectivity index (χ2n) is 5.61. The van der Waals surface area contributed by atoms with Gasteiger partial charge in [0.1, 0.15) is 0 Å². The molecule has 0 atom stereocenters. The van der Waals surface area contributed by atoms with E-state index >= 15 is 0 Å². The average Bonchev–Trinajstić information content (AvgIpc) is 2.90. The summed E-state index contributed by atoms with van der Waals surface area (Å²) in [5.41, 5.74) is 4.51. The SMILES string of the molecule is Cc1nc(CN2CCc3nc4ncc(Br)cc4cc3C2)cs1. The zero-order chi connectivity index (χ0) is 15.1. The number of thiazole rings is 1. The monoisotopic (exact) mass is 374 g/mol. The Morgan fingerprint density at radius 2 is 2.23 bits per heavy atom. The molecule has 1 aliphatic heterocycles. The minimum Gasteiger partial charge on any atom is -0.293 e.